The van der Waals surface area contributed by atoms with E-state index < -0.39 is 0 Å². The lowest BCUT2D eigenvalue weighted by Crippen LogP contribution is -2.18. The first-order chi connectivity index (χ1) is 9.90. The van der Waals surface area contributed by atoms with Crippen LogP contribution in [0.1, 0.15) is 11.1 Å². The number of hydrogen-bond acceptors (Lipinski definition) is 1. The second kappa shape index (κ2) is 4.68. The minimum atomic E-state index is 0.512. The minimum Gasteiger partial charge on any atom is -0.381 e. The molecule has 1 heterocycles. The molecule has 0 saturated carbocycles. The molecule has 0 saturated heterocycles. The third kappa shape index (κ3) is 1.96. The highest BCUT2D eigenvalue weighted by Gasteiger charge is 2.20. The van der Waals surface area contributed by atoms with Crippen LogP contribution in [0.15, 0.2) is 66.7 Å². The lowest BCUT2D eigenvalue weighted by atomic mass is 9.97. The number of fused-ring (bicyclic) bond motifs is 2. The van der Waals surface area contributed by atoms with Crippen LogP contribution in [0.25, 0.3) is 10.8 Å². The summed E-state index contributed by atoms with van der Waals surface area (Å²) in [6.07, 6.45) is 2.20. The molecule has 1 aliphatic rings. The highest BCUT2D eigenvalue weighted by molar-refractivity contribution is 5.85. The van der Waals surface area contributed by atoms with Crippen molar-refractivity contribution in [3.63, 3.8) is 0 Å². The second-order valence-electron chi connectivity index (χ2n) is 5.54. The molecule has 3 aromatic rings. The second-order valence-corrected chi connectivity index (χ2v) is 5.54. The van der Waals surface area contributed by atoms with E-state index in [0.29, 0.717) is 6.04 Å². The van der Waals surface area contributed by atoms with Crippen LogP contribution in [0.5, 0.6) is 0 Å². The Labute approximate surface area is 119 Å². The Morgan fingerprint density at radius 1 is 0.850 bits per heavy atom. The van der Waals surface area contributed by atoms with Crippen LogP contribution in [0.4, 0.5) is 5.69 Å². The van der Waals surface area contributed by atoms with E-state index in [0.717, 1.165) is 12.8 Å². The maximum absolute atomic E-state index is 3.65. The molecule has 0 aliphatic carbocycles. The molecule has 98 valence electrons. The van der Waals surface area contributed by atoms with Gasteiger partial charge in [-0.25, -0.2) is 0 Å². The fourth-order valence-electron chi connectivity index (χ4n) is 3.23. The van der Waals surface area contributed by atoms with Gasteiger partial charge < -0.3 is 5.32 Å². The van der Waals surface area contributed by atoms with Gasteiger partial charge in [0.05, 0.1) is 0 Å². The van der Waals surface area contributed by atoms with E-state index in [-0.39, 0.29) is 0 Å². The number of hydrogen-bond donors (Lipinski definition) is 1. The topological polar surface area (TPSA) is 12.0 Å². The predicted octanol–water partition coefficient (Wildman–Crippen LogP) is 4.42. The van der Waals surface area contributed by atoms with Crippen LogP contribution in [-0.4, -0.2) is 6.04 Å². The molecular weight excluding hydrogens is 242 g/mol. The van der Waals surface area contributed by atoms with Crippen molar-refractivity contribution in [1.82, 2.24) is 0 Å². The summed E-state index contributed by atoms with van der Waals surface area (Å²) < 4.78 is 0. The van der Waals surface area contributed by atoms with Gasteiger partial charge in [0.25, 0.3) is 0 Å². The van der Waals surface area contributed by atoms with Crippen LogP contribution in [0.3, 0.4) is 0 Å². The third-order valence-electron chi connectivity index (χ3n) is 4.19. The number of anilines is 1. The lowest BCUT2D eigenvalue weighted by molar-refractivity contribution is 0.750. The molecule has 0 fully saturated rings. The van der Waals surface area contributed by atoms with Crippen LogP contribution < -0.4 is 5.32 Å². The zero-order valence-electron chi connectivity index (χ0n) is 11.3. The van der Waals surface area contributed by atoms with Gasteiger partial charge in [-0.3, -0.25) is 0 Å². The third-order valence-corrected chi connectivity index (χ3v) is 4.19. The van der Waals surface area contributed by atoms with Crippen molar-refractivity contribution < 1.29 is 0 Å². The summed E-state index contributed by atoms with van der Waals surface area (Å²) in [5.74, 6) is 0. The Morgan fingerprint density at radius 3 is 2.60 bits per heavy atom. The van der Waals surface area contributed by atoms with Gasteiger partial charge in [0.2, 0.25) is 0 Å². The first-order valence-electron chi connectivity index (χ1n) is 7.21. The van der Waals surface area contributed by atoms with Gasteiger partial charge in [0, 0.05) is 11.7 Å². The van der Waals surface area contributed by atoms with Gasteiger partial charge >= 0.3 is 0 Å². The van der Waals surface area contributed by atoms with Crippen LogP contribution in [0, 0.1) is 0 Å². The SMILES string of the molecule is c1ccc2c(c1)CC(Cc1cccc3ccccc13)N2. The van der Waals surface area contributed by atoms with Crippen molar-refractivity contribution >= 4 is 16.5 Å². The van der Waals surface area contributed by atoms with Gasteiger partial charge in [-0.1, -0.05) is 60.7 Å². The molecule has 0 aromatic heterocycles. The van der Waals surface area contributed by atoms with Crippen molar-refractivity contribution in [2.75, 3.05) is 5.32 Å². The summed E-state index contributed by atoms with van der Waals surface area (Å²) in [4.78, 5) is 0. The number of para-hydroxylation sites is 1. The molecule has 3 aromatic carbocycles. The zero-order valence-corrected chi connectivity index (χ0v) is 11.3. The van der Waals surface area contributed by atoms with E-state index >= 15 is 0 Å². The van der Waals surface area contributed by atoms with E-state index in [1.807, 2.05) is 0 Å². The summed E-state index contributed by atoms with van der Waals surface area (Å²) in [6, 6.07) is 24.4. The smallest absolute Gasteiger partial charge is 0.0375 e. The molecule has 1 heteroatoms. The van der Waals surface area contributed by atoms with Gasteiger partial charge in [0.1, 0.15) is 0 Å². The zero-order chi connectivity index (χ0) is 13.4. The molecule has 1 atom stereocenters. The highest BCUT2D eigenvalue weighted by atomic mass is 14.9. The standard InChI is InChI=1S/C19H17N/c1-3-10-18-14(6-1)8-5-9-15(18)12-17-13-16-7-2-4-11-19(16)20-17/h1-11,17,20H,12-13H2. The van der Waals surface area contributed by atoms with E-state index in [4.69, 9.17) is 0 Å². The van der Waals surface area contributed by atoms with Gasteiger partial charge in [-0.15, -0.1) is 0 Å². The molecule has 0 spiro atoms. The summed E-state index contributed by atoms with van der Waals surface area (Å²) in [7, 11) is 0. The van der Waals surface area contributed by atoms with Gasteiger partial charge in [0.15, 0.2) is 0 Å². The highest BCUT2D eigenvalue weighted by Crippen LogP contribution is 2.28. The van der Waals surface area contributed by atoms with E-state index in [2.05, 4.69) is 72.0 Å². The fraction of sp³-hybridized carbons (Fsp3) is 0.158. The average molecular weight is 259 g/mol. The molecule has 0 bridgehead atoms. The Morgan fingerprint density at radius 2 is 1.65 bits per heavy atom. The first kappa shape index (κ1) is 11.5. The summed E-state index contributed by atoms with van der Waals surface area (Å²) >= 11 is 0. The largest absolute Gasteiger partial charge is 0.381 e. The predicted molar refractivity (Wildman–Crippen MR) is 85.2 cm³/mol. The number of nitrogens with one attached hydrogen (secondary N) is 1. The Hall–Kier alpha value is -2.28. The van der Waals surface area contributed by atoms with E-state index in [1.54, 1.807) is 0 Å². The van der Waals surface area contributed by atoms with Crippen LogP contribution in [-0.2, 0) is 12.8 Å². The normalized spacial score (nSPS) is 16.9. The van der Waals surface area contributed by atoms with Crippen molar-refractivity contribution in [2.24, 2.45) is 0 Å². The Balaban J connectivity index is 1.64. The van der Waals surface area contributed by atoms with Gasteiger partial charge in [-0.2, -0.15) is 0 Å². The van der Waals surface area contributed by atoms with E-state index in [1.165, 1.54) is 27.6 Å². The monoisotopic (exact) mass is 259 g/mol. The van der Waals surface area contributed by atoms with Crippen LogP contribution >= 0.6 is 0 Å². The molecule has 4 rings (SSSR count). The van der Waals surface area contributed by atoms with Crippen molar-refractivity contribution in [3.05, 3.63) is 77.9 Å². The van der Waals surface area contributed by atoms with Crippen molar-refractivity contribution in [1.29, 1.82) is 0 Å². The molecule has 1 nitrogen and oxygen atoms in total. The van der Waals surface area contributed by atoms with Gasteiger partial charge in [-0.05, 0) is 40.8 Å². The summed E-state index contributed by atoms with van der Waals surface area (Å²) in [6.45, 7) is 0. The van der Waals surface area contributed by atoms with Crippen molar-refractivity contribution in [3.8, 4) is 0 Å². The molecular formula is C19H17N. The maximum atomic E-state index is 3.65. The van der Waals surface area contributed by atoms with Crippen molar-refractivity contribution in [2.45, 2.75) is 18.9 Å². The first-order valence-corrected chi connectivity index (χ1v) is 7.21. The molecule has 1 N–H and O–H groups in total. The Kier molecular flexibility index (Phi) is 2.70. The maximum Gasteiger partial charge on any atom is 0.0375 e. The lowest BCUT2D eigenvalue weighted by Gasteiger charge is -2.13. The quantitative estimate of drug-likeness (QED) is 0.718. The molecule has 1 unspecified atom stereocenters. The molecule has 1 aliphatic heterocycles. The number of benzene rings is 3. The fourth-order valence-corrected chi connectivity index (χ4v) is 3.23. The van der Waals surface area contributed by atoms with Crippen LogP contribution in [0.2, 0.25) is 0 Å². The number of rotatable bonds is 2. The molecule has 20 heavy (non-hydrogen) atoms. The average Bonchev–Trinajstić information content (AvgIpc) is 2.90. The Bertz CT molecular complexity index is 730. The minimum absolute atomic E-state index is 0.512. The summed E-state index contributed by atoms with van der Waals surface area (Å²) in [5, 5.41) is 6.36. The van der Waals surface area contributed by atoms with E-state index in [9.17, 15) is 0 Å². The molecule has 0 amide bonds. The summed E-state index contributed by atoms with van der Waals surface area (Å²) in [5.41, 5.74) is 4.18. The molecule has 0 radical (unpaired) electrons.